The number of hydrogen-bond acceptors (Lipinski definition) is 3. The highest BCUT2D eigenvalue weighted by molar-refractivity contribution is 7.90. The topological polar surface area (TPSA) is 48.0 Å². The van der Waals surface area contributed by atoms with E-state index in [-0.39, 0.29) is 5.02 Å². The van der Waals surface area contributed by atoms with Gasteiger partial charge in [0.2, 0.25) is 0 Å². The Bertz CT molecular complexity index is 694. The Labute approximate surface area is 148 Å². The lowest BCUT2D eigenvalue weighted by atomic mass is 10.0. The zero-order valence-electron chi connectivity index (χ0n) is 12.9. The van der Waals surface area contributed by atoms with Crippen LogP contribution in [0.3, 0.4) is 0 Å². The number of benzene rings is 1. The molecule has 0 fully saturated rings. The third-order valence-corrected chi connectivity index (χ3v) is 5.18. The van der Waals surface area contributed by atoms with Crippen molar-refractivity contribution in [1.82, 2.24) is 9.71 Å². The molecule has 0 saturated carbocycles. The molecule has 0 amide bonds. The lowest BCUT2D eigenvalue weighted by Crippen LogP contribution is -2.41. The number of nitrogens with zero attached hydrogens (tertiary/aromatic N) is 1. The predicted molar refractivity (Wildman–Crippen MR) is 93.5 cm³/mol. The molecule has 0 saturated heterocycles. The van der Waals surface area contributed by atoms with Gasteiger partial charge in [0.25, 0.3) is 0 Å². The molecule has 0 aliphatic rings. The predicted octanol–water partition coefficient (Wildman–Crippen LogP) is 4.67. The van der Waals surface area contributed by atoms with Gasteiger partial charge in [-0.25, -0.2) is 4.39 Å². The molecule has 1 heterocycles. The molecule has 0 spiro atoms. The van der Waals surface area contributed by atoms with E-state index in [0.717, 1.165) is 5.56 Å². The minimum Gasteiger partial charge on any atom is -0.598 e. The standard InChI is InChI=1S/C16H17Cl2FN2OS/c1-16(2,3)23(22)21-15(11-6-12(17)9-20-8-11)10-4-5-14(19)13(18)7-10/h4-9,15,21H,1-3H3/t15-,23?/m1/s1. The van der Waals surface area contributed by atoms with Gasteiger partial charge in [-0.3, -0.25) is 4.98 Å². The molecule has 124 valence electrons. The Hall–Kier alpha value is -0.850. The van der Waals surface area contributed by atoms with Gasteiger partial charge in [0.15, 0.2) is 0 Å². The van der Waals surface area contributed by atoms with Gasteiger partial charge in [-0.15, -0.1) is 4.72 Å². The highest BCUT2D eigenvalue weighted by atomic mass is 35.5. The largest absolute Gasteiger partial charge is 0.598 e. The van der Waals surface area contributed by atoms with E-state index in [2.05, 4.69) is 9.71 Å². The summed E-state index contributed by atoms with van der Waals surface area (Å²) in [5.41, 5.74) is 1.40. The first kappa shape index (κ1) is 18.5. The maximum Gasteiger partial charge on any atom is 0.141 e. The Kier molecular flexibility index (Phi) is 5.92. The van der Waals surface area contributed by atoms with Crippen LogP contribution in [0.1, 0.15) is 37.9 Å². The van der Waals surface area contributed by atoms with Crippen molar-refractivity contribution in [3.63, 3.8) is 0 Å². The van der Waals surface area contributed by atoms with Crippen molar-refractivity contribution in [1.29, 1.82) is 0 Å². The molecule has 2 atom stereocenters. The number of aromatic nitrogens is 1. The summed E-state index contributed by atoms with van der Waals surface area (Å²) in [6, 6.07) is 5.64. The van der Waals surface area contributed by atoms with Crippen LogP contribution < -0.4 is 4.72 Å². The Balaban J connectivity index is 2.44. The summed E-state index contributed by atoms with van der Waals surface area (Å²) >= 11 is 10.5. The van der Waals surface area contributed by atoms with E-state index in [1.807, 2.05) is 20.8 Å². The van der Waals surface area contributed by atoms with Gasteiger partial charge in [-0.05, 0) is 50.1 Å². The average molecular weight is 375 g/mol. The van der Waals surface area contributed by atoms with Crippen molar-refractivity contribution in [2.75, 3.05) is 0 Å². The van der Waals surface area contributed by atoms with E-state index in [9.17, 15) is 8.94 Å². The molecule has 23 heavy (non-hydrogen) atoms. The molecule has 0 aliphatic carbocycles. The first-order valence-electron chi connectivity index (χ1n) is 6.92. The van der Waals surface area contributed by atoms with Crippen molar-refractivity contribution in [3.05, 3.63) is 63.6 Å². The Morgan fingerprint density at radius 3 is 2.43 bits per heavy atom. The summed E-state index contributed by atoms with van der Waals surface area (Å²) in [4.78, 5) is 4.06. The van der Waals surface area contributed by atoms with Gasteiger partial charge >= 0.3 is 0 Å². The van der Waals surface area contributed by atoms with E-state index in [0.29, 0.717) is 10.6 Å². The van der Waals surface area contributed by atoms with Crippen LogP contribution in [0.5, 0.6) is 0 Å². The number of rotatable bonds is 4. The summed E-state index contributed by atoms with van der Waals surface area (Å²) in [5.74, 6) is -0.504. The van der Waals surface area contributed by atoms with Gasteiger partial charge in [0, 0.05) is 23.8 Å². The summed E-state index contributed by atoms with van der Waals surface area (Å²) in [7, 11) is 0. The molecule has 1 unspecified atom stereocenters. The summed E-state index contributed by atoms with van der Waals surface area (Å²) in [6.45, 7) is 5.59. The number of halogens is 3. The van der Waals surface area contributed by atoms with E-state index in [1.54, 1.807) is 18.3 Å². The fraction of sp³-hybridized carbons (Fsp3) is 0.312. The molecule has 3 nitrogen and oxygen atoms in total. The van der Waals surface area contributed by atoms with Crippen LogP contribution in [-0.4, -0.2) is 14.3 Å². The number of hydrogen-bond donors (Lipinski definition) is 1. The average Bonchev–Trinajstić information content (AvgIpc) is 2.46. The molecule has 0 aliphatic heterocycles. The van der Waals surface area contributed by atoms with E-state index >= 15 is 0 Å². The fourth-order valence-corrected chi connectivity index (χ4v) is 3.10. The highest BCUT2D eigenvalue weighted by Crippen LogP contribution is 2.29. The van der Waals surface area contributed by atoms with Crippen LogP contribution in [0.15, 0.2) is 36.7 Å². The molecular formula is C16H17Cl2FN2OS. The third-order valence-electron chi connectivity index (χ3n) is 3.12. The zero-order chi connectivity index (χ0) is 17.2. The van der Waals surface area contributed by atoms with Crippen molar-refractivity contribution in [3.8, 4) is 0 Å². The summed E-state index contributed by atoms with van der Waals surface area (Å²) in [6.07, 6.45) is 3.14. The molecule has 2 aromatic rings. The van der Waals surface area contributed by atoms with Gasteiger partial charge in [0.1, 0.15) is 16.6 Å². The number of nitrogens with one attached hydrogen (secondary N) is 1. The van der Waals surface area contributed by atoms with Crippen LogP contribution in [0, 0.1) is 5.82 Å². The second-order valence-electron chi connectivity index (χ2n) is 6.04. The number of pyridine rings is 1. The maximum atomic E-state index is 13.4. The second-order valence-corrected chi connectivity index (χ2v) is 8.88. The first-order chi connectivity index (χ1) is 10.7. The first-order valence-corrected chi connectivity index (χ1v) is 8.82. The van der Waals surface area contributed by atoms with Crippen molar-refractivity contribution >= 4 is 34.6 Å². The van der Waals surface area contributed by atoms with Crippen LogP contribution in [0.2, 0.25) is 10.0 Å². The third kappa shape index (κ3) is 4.81. The SMILES string of the molecule is CC(C)(C)[S+]([O-])N[C@@H](c1cncc(Cl)c1)c1ccc(F)c(Cl)c1. The van der Waals surface area contributed by atoms with Gasteiger partial charge in [0.05, 0.1) is 10.0 Å². The second kappa shape index (κ2) is 7.36. The Morgan fingerprint density at radius 1 is 1.17 bits per heavy atom. The molecule has 0 radical (unpaired) electrons. The van der Waals surface area contributed by atoms with E-state index < -0.39 is 28.0 Å². The van der Waals surface area contributed by atoms with Crippen molar-refractivity contribution in [2.45, 2.75) is 31.6 Å². The lowest BCUT2D eigenvalue weighted by molar-refractivity contribution is 0.535. The van der Waals surface area contributed by atoms with Crippen LogP contribution in [0.25, 0.3) is 0 Å². The summed E-state index contributed by atoms with van der Waals surface area (Å²) < 4.78 is 28.5. The molecule has 7 heteroatoms. The molecule has 2 rings (SSSR count). The fourth-order valence-electron chi connectivity index (χ4n) is 1.89. The van der Waals surface area contributed by atoms with E-state index in [1.165, 1.54) is 18.3 Å². The van der Waals surface area contributed by atoms with Gasteiger partial charge in [-0.2, -0.15) is 0 Å². The summed E-state index contributed by atoms with van der Waals surface area (Å²) in [5, 5.41) is 0.467. The minimum absolute atomic E-state index is 0.00540. The van der Waals surface area contributed by atoms with Gasteiger partial charge in [-0.1, -0.05) is 29.3 Å². The molecular weight excluding hydrogens is 358 g/mol. The molecule has 1 aromatic heterocycles. The van der Waals surface area contributed by atoms with Crippen LogP contribution >= 0.6 is 23.2 Å². The zero-order valence-corrected chi connectivity index (χ0v) is 15.3. The van der Waals surface area contributed by atoms with Crippen LogP contribution in [0.4, 0.5) is 4.39 Å². The molecule has 0 bridgehead atoms. The van der Waals surface area contributed by atoms with E-state index in [4.69, 9.17) is 23.2 Å². The van der Waals surface area contributed by atoms with Crippen LogP contribution in [-0.2, 0) is 11.4 Å². The molecule has 1 N–H and O–H groups in total. The monoisotopic (exact) mass is 374 g/mol. The van der Waals surface area contributed by atoms with Crippen molar-refractivity contribution in [2.24, 2.45) is 0 Å². The Morgan fingerprint density at radius 2 is 1.87 bits per heavy atom. The maximum absolute atomic E-state index is 13.4. The molecule has 1 aromatic carbocycles. The van der Waals surface area contributed by atoms with Gasteiger partial charge < -0.3 is 4.55 Å². The smallest absolute Gasteiger partial charge is 0.141 e. The quantitative estimate of drug-likeness (QED) is 0.791. The minimum atomic E-state index is -1.34. The van der Waals surface area contributed by atoms with Crippen molar-refractivity contribution < 1.29 is 8.94 Å². The normalized spacial score (nSPS) is 14.6. The lowest BCUT2D eigenvalue weighted by Gasteiger charge is -2.28. The highest BCUT2D eigenvalue weighted by Gasteiger charge is 2.31.